The third kappa shape index (κ3) is 6.36. The maximum atomic E-state index is 4.33. The molecule has 0 saturated carbocycles. The fraction of sp³-hybridized carbons (Fsp3) is 0.471. The molecule has 2 aromatic rings. The highest BCUT2D eigenvalue weighted by Crippen LogP contribution is 2.09. The van der Waals surface area contributed by atoms with Crippen LogP contribution in [0, 0.1) is 0 Å². The second kappa shape index (κ2) is 11.3. The average molecular weight is 487 g/mol. The first-order valence-corrected chi connectivity index (χ1v) is 9.44. The number of nitrogens with zero attached hydrogens (tertiary/aromatic N) is 5. The molecule has 0 unspecified atom stereocenters. The zero-order chi connectivity index (χ0) is 17.3. The highest BCUT2D eigenvalue weighted by molar-refractivity contribution is 14.0. The third-order valence-electron chi connectivity index (χ3n) is 4.16. The molecule has 0 aliphatic carbocycles. The number of rotatable bonds is 6. The fourth-order valence-corrected chi connectivity index (χ4v) is 3.41. The van der Waals surface area contributed by atoms with Crippen molar-refractivity contribution in [2.75, 3.05) is 51.2 Å². The molecule has 1 saturated heterocycles. The van der Waals surface area contributed by atoms with Gasteiger partial charge in [0.05, 0.1) is 6.54 Å². The van der Waals surface area contributed by atoms with Gasteiger partial charge in [-0.3, -0.25) is 9.89 Å². The van der Waals surface area contributed by atoms with Gasteiger partial charge in [-0.25, -0.2) is 9.97 Å². The molecule has 3 heterocycles. The van der Waals surface area contributed by atoms with E-state index in [0.717, 1.165) is 57.7 Å². The lowest BCUT2D eigenvalue weighted by molar-refractivity contribution is 0.260. The van der Waals surface area contributed by atoms with Gasteiger partial charge >= 0.3 is 0 Å². The van der Waals surface area contributed by atoms with Crippen molar-refractivity contribution in [3.8, 4) is 0 Å². The van der Waals surface area contributed by atoms with E-state index in [1.807, 2.05) is 13.1 Å². The van der Waals surface area contributed by atoms with Gasteiger partial charge in [0.2, 0.25) is 5.95 Å². The summed E-state index contributed by atoms with van der Waals surface area (Å²) >= 11 is 1.75. The lowest BCUT2D eigenvalue weighted by Crippen LogP contribution is -2.49. The lowest BCUT2D eigenvalue weighted by atomic mass is 10.3. The first kappa shape index (κ1) is 20.8. The van der Waals surface area contributed by atoms with E-state index >= 15 is 0 Å². The smallest absolute Gasteiger partial charge is 0.225 e. The number of hydrogen-bond donors (Lipinski definition) is 2. The van der Waals surface area contributed by atoms with Crippen molar-refractivity contribution in [1.82, 2.24) is 25.5 Å². The molecule has 1 aliphatic rings. The molecule has 1 aliphatic heterocycles. The van der Waals surface area contributed by atoms with Crippen LogP contribution in [0.25, 0.3) is 0 Å². The Hall–Kier alpha value is -1.46. The number of guanidine groups is 1. The molecule has 1 fully saturated rings. The molecule has 2 aromatic heterocycles. The molecular weight excluding hydrogens is 461 g/mol. The Morgan fingerprint density at radius 1 is 1.15 bits per heavy atom. The number of thiophene rings is 1. The normalized spacial score (nSPS) is 15.4. The van der Waals surface area contributed by atoms with E-state index in [1.165, 1.54) is 4.88 Å². The largest absolute Gasteiger partial charge is 0.355 e. The number of nitrogens with one attached hydrogen (secondary N) is 2. The number of aliphatic imine (C=N–C) groups is 1. The minimum atomic E-state index is 0. The van der Waals surface area contributed by atoms with Gasteiger partial charge in [0.15, 0.2) is 5.96 Å². The molecule has 26 heavy (non-hydrogen) atoms. The van der Waals surface area contributed by atoms with Crippen LogP contribution in [0.5, 0.6) is 0 Å². The predicted octanol–water partition coefficient (Wildman–Crippen LogP) is 1.64. The van der Waals surface area contributed by atoms with Crippen molar-refractivity contribution in [2.45, 2.75) is 6.54 Å². The predicted molar refractivity (Wildman–Crippen MR) is 119 cm³/mol. The Bertz CT molecular complexity index is 642. The van der Waals surface area contributed by atoms with E-state index in [4.69, 9.17) is 0 Å². The summed E-state index contributed by atoms with van der Waals surface area (Å²) in [5.74, 6) is 1.68. The van der Waals surface area contributed by atoms with E-state index in [9.17, 15) is 0 Å². The maximum Gasteiger partial charge on any atom is 0.225 e. The maximum absolute atomic E-state index is 4.33. The van der Waals surface area contributed by atoms with Crippen molar-refractivity contribution in [3.05, 3.63) is 40.8 Å². The summed E-state index contributed by atoms with van der Waals surface area (Å²) < 4.78 is 0. The Morgan fingerprint density at radius 2 is 1.92 bits per heavy atom. The molecule has 0 spiro atoms. The van der Waals surface area contributed by atoms with Crippen LogP contribution in [0.3, 0.4) is 0 Å². The van der Waals surface area contributed by atoms with E-state index in [0.29, 0.717) is 0 Å². The Labute approximate surface area is 176 Å². The van der Waals surface area contributed by atoms with Crippen LogP contribution in [0.4, 0.5) is 5.95 Å². The van der Waals surface area contributed by atoms with Crippen LogP contribution in [-0.4, -0.2) is 67.1 Å². The monoisotopic (exact) mass is 487 g/mol. The lowest BCUT2D eigenvalue weighted by Gasteiger charge is -2.34. The van der Waals surface area contributed by atoms with E-state index < -0.39 is 0 Å². The minimum Gasteiger partial charge on any atom is -0.355 e. The van der Waals surface area contributed by atoms with Gasteiger partial charge in [0, 0.05) is 63.6 Å². The number of piperazine rings is 1. The first-order chi connectivity index (χ1) is 12.3. The van der Waals surface area contributed by atoms with Gasteiger partial charge in [-0.15, -0.1) is 35.3 Å². The van der Waals surface area contributed by atoms with Gasteiger partial charge in [-0.05, 0) is 17.5 Å². The molecule has 0 amide bonds. The van der Waals surface area contributed by atoms with E-state index in [-0.39, 0.29) is 24.0 Å². The van der Waals surface area contributed by atoms with Gasteiger partial charge < -0.3 is 15.5 Å². The highest BCUT2D eigenvalue weighted by atomic mass is 127. The molecular formula is C17H26IN7S. The van der Waals surface area contributed by atoms with Crippen molar-refractivity contribution in [2.24, 2.45) is 4.99 Å². The fourth-order valence-electron chi connectivity index (χ4n) is 2.76. The summed E-state index contributed by atoms with van der Waals surface area (Å²) in [6.07, 6.45) is 3.60. The molecule has 9 heteroatoms. The zero-order valence-electron chi connectivity index (χ0n) is 15.0. The number of aromatic nitrogens is 2. The summed E-state index contributed by atoms with van der Waals surface area (Å²) in [6.45, 7) is 6.69. The molecule has 7 nitrogen and oxygen atoms in total. The summed E-state index contributed by atoms with van der Waals surface area (Å²) in [5.41, 5.74) is 0. The molecule has 142 valence electrons. The summed E-state index contributed by atoms with van der Waals surface area (Å²) in [6, 6.07) is 6.05. The van der Waals surface area contributed by atoms with Crippen molar-refractivity contribution < 1.29 is 0 Å². The Morgan fingerprint density at radius 3 is 2.58 bits per heavy atom. The average Bonchev–Trinajstić information content (AvgIpc) is 3.19. The van der Waals surface area contributed by atoms with Crippen molar-refractivity contribution >= 4 is 47.2 Å². The topological polar surface area (TPSA) is 68.7 Å². The second-order valence-corrected chi connectivity index (χ2v) is 6.84. The van der Waals surface area contributed by atoms with Crippen LogP contribution < -0.4 is 15.5 Å². The first-order valence-electron chi connectivity index (χ1n) is 8.56. The van der Waals surface area contributed by atoms with Crippen LogP contribution in [0.1, 0.15) is 4.88 Å². The minimum absolute atomic E-state index is 0. The van der Waals surface area contributed by atoms with Crippen LogP contribution >= 0.6 is 35.3 Å². The van der Waals surface area contributed by atoms with E-state index in [2.05, 4.69) is 52.9 Å². The van der Waals surface area contributed by atoms with Crippen LogP contribution in [0.2, 0.25) is 0 Å². The van der Waals surface area contributed by atoms with Gasteiger partial charge in [0.1, 0.15) is 0 Å². The molecule has 0 atom stereocenters. The molecule has 0 radical (unpaired) electrons. The van der Waals surface area contributed by atoms with Gasteiger partial charge in [-0.1, -0.05) is 6.07 Å². The number of anilines is 1. The standard InChI is InChI=1S/C17H25N7S.HI/c1-18-16(22-14-15-4-2-13-25-15)19-7-8-23-9-11-24(12-10-23)17-20-5-3-6-21-17;/h2-6,13H,7-12,14H2,1H3,(H2,18,19,22);1H. The summed E-state index contributed by atoms with van der Waals surface area (Å²) in [7, 11) is 1.81. The van der Waals surface area contributed by atoms with Crippen molar-refractivity contribution in [3.63, 3.8) is 0 Å². The molecule has 0 bridgehead atoms. The highest BCUT2D eigenvalue weighted by Gasteiger charge is 2.18. The van der Waals surface area contributed by atoms with Gasteiger partial charge in [-0.2, -0.15) is 0 Å². The second-order valence-electron chi connectivity index (χ2n) is 5.81. The quantitative estimate of drug-likeness (QED) is 0.367. The van der Waals surface area contributed by atoms with Crippen LogP contribution in [0.15, 0.2) is 41.0 Å². The number of hydrogen-bond acceptors (Lipinski definition) is 6. The molecule has 3 rings (SSSR count). The van der Waals surface area contributed by atoms with Gasteiger partial charge in [0.25, 0.3) is 0 Å². The molecule has 2 N–H and O–H groups in total. The Balaban J connectivity index is 0.00000243. The van der Waals surface area contributed by atoms with Crippen molar-refractivity contribution in [1.29, 1.82) is 0 Å². The number of halogens is 1. The third-order valence-corrected chi connectivity index (χ3v) is 5.04. The van der Waals surface area contributed by atoms with Crippen LogP contribution in [-0.2, 0) is 6.54 Å². The molecule has 0 aromatic carbocycles. The zero-order valence-corrected chi connectivity index (χ0v) is 18.1. The SMILES string of the molecule is CN=C(NCCN1CCN(c2ncccn2)CC1)NCc1cccs1.I. The van der Waals surface area contributed by atoms with E-state index in [1.54, 1.807) is 23.7 Å². The summed E-state index contributed by atoms with van der Waals surface area (Å²) in [4.78, 5) is 18.9. The Kier molecular flexibility index (Phi) is 9.06. The summed E-state index contributed by atoms with van der Waals surface area (Å²) in [5, 5.41) is 8.82.